The van der Waals surface area contributed by atoms with Crippen molar-refractivity contribution in [3.05, 3.63) is 22.7 Å². The molecule has 2 N–H and O–H groups in total. The molecule has 0 bridgehead atoms. The molecule has 4 nitrogen and oxygen atoms in total. The minimum absolute atomic E-state index is 0.388. The zero-order valence-electron chi connectivity index (χ0n) is 11.7. The monoisotopic (exact) mass is 287 g/mol. The molecule has 1 aromatic rings. The number of hydrogen-bond acceptors (Lipinski definition) is 4. The van der Waals surface area contributed by atoms with Crippen LogP contribution in [0.25, 0.3) is 0 Å². The molecule has 0 heterocycles. The topological polar surface area (TPSA) is 50.7 Å². The number of rotatable bonds is 8. The summed E-state index contributed by atoms with van der Waals surface area (Å²) in [5, 5.41) is 13.0. The summed E-state index contributed by atoms with van der Waals surface area (Å²) in [4.78, 5) is 0. The number of aliphatic hydroxyl groups excluding tert-OH is 1. The van der Waals surface area contributed by atoms with E-state index in [1.165, 1.54) is 0 Å². The van der Waals surface area contributed by atoms with Crippen LogP contribution in [0.3, 0.4) is 0 Å². The van der Waals surface area contributed by atoms with Gasteiger partial charge in [0.25, 0.3) is 0 Å². The summed E-state index contributed by atoms with van der Waals surface area (Å²) >= 11 is 6.06. The van der Waals surface area contributed by atoms with Crippen LogP contribution in [-0.4, -0.2) is 31.5 Å². The van der Waals surface area contributed by atoms with Crippen LogP contribution in [-0.2, 0) is 6.54 Å². The van der Waals surface area contributed by atoms with Crippen LogP contribution in [0.1, 0.15) is 25.8 Å². The first kappa shape index (κ1) is 16.1. The van der Waals surface area contributed by atoms with Gasteiger partial charge in [0.2, 0.25) is 0 Å². The van der Waals surface area contributed by atoms with E-state index < -0.39 is 0 Å². The molecule has 0 radical (unpaired) electrons. The van der Waals surface area contributed by atoms with Crippen molar-refractivity contribution in [2.45, 2.75) is 32.9 Å². The van der Waals surface area contributed by atoms with E-state index in [-0.39, 0.29) is 6.10 Å². The van der Waals surface area contributed by atoms with Gasteiger partial charge in [0.05, 0.1) is 19.8 Å². The molecule has 0 spiro atoms. The summed E-state index contributed by atoms with van der Waals surface area (Å²) in [7, 11) is 1.59. The highest BCUT2D eigenvalue weighted by atomic mass is 35.5. The molecule has 0 aliphatic heterocycles. The molecule has 0 aliphatic carbocycles. The second-order valence-corrected chi connectivity index (χ2v) is 4.86. The summed E-state index contributed by atoms with van der Waals surface area (Å²) < 4.78 is 11.0. The van der Waals surface area contributed by atoms with Gasteiger partial charge in [-0.15, -0.1) is 0 Å². The van der Waals surface area contributed by atoms with Gasteiger partial charge in [0.15, 0.2) is 11.5 Å². The van der Waals surface area contributed by atoms with Crippen molar-refractivity contribution in [3.8, 4) is 11.5 Å². The molecule has 0 saturated heterocycles. The predicted molar refractivity (Wildman–Crippen MR) is 77.2 cm³/mol. The molecule has 108 valence electrons. The van der Waals surface area contributed by atoms with Gasteiger partial charge in [-0.2, -0.15) is 0 Å². The number of ether oxygens (including phenoxy) is 2. The van der Waals surface area contributed by atoms with Crippen LogP contribution in [0.5, 0.6) is 11.5 Å². The third-order valence-corrected chi connectivity index (χ3v) is 2.74. The zero-order chi connectivity index (χ0) is 14.3. The Balaban J connectivity index is 2.88. The fourth-order valence-electron chi connectivity index (χ4n) is 1.69. The summed E-state index contributed by atoms with van der Waals surface area (Å²) in [6.45, 7) is 5.50. The summed E-state index contributed by atoms with van der Waals surface area (Å²) in [6.07, 6.45) is 0.535. The van der Waals surface area contributed by atoms with E-state index in [1.807, 2.05) is 13.0 Å². The van der Waals surface area contributed by atoms with E-state index in [0.29, 0.717) is 36.2 Å². The molecule has 5 heteroatoms. The second-order valence-electron chi connectivity index (χ2n) is 4.42. The van der Waals surface area contributed by atoms with Crippen LogP contribution in [0, 0.1) is 0 Å². The fourth-order valence-corrected chi connectivity index (χ4v) is 1.92. The van der Waals surface area contributed by atoms with Gasteiger partial charge in [0, 0.05) is 29.7 Å². The third kappa shape index (κ3) is 5.27. The second kappa shape index (κ2) is 8.25. The van der Waals surface area contributed by atoms with Crippen molar-refractivity contribution in [2.24, 2.45) is 0 Å². The minimum Gasteiger partial charge on any atom is -0.493 e. The van der Waals surface area contributed by atoms with Gasteiger partial charge in [0.1, 0.15) is 0 Å². The van der Waals surface area contributed by atoms with E-state index >= 15 is 0 Å². The van der Waals surface area contributed by atoms with Crippen molar-refractivity contribution < 1.29 is 14.6 Å². The highest BCUT2D eigenvalue weighted by Gasteiger charge is 2.12. The van der Waals surface area contributed by atoms with Crippen molar-refractivity contribution in [1.29, 1.82) is 0 Å². The first-order valence-electron chi connectivity index (χ1n) is 6.46. The average Bonchev–Trinajstić information content (AvgIpc) is 2.36. The van der Waals surface area contributed by atoms with Crippen LogP contribution in [0.15, 0.2) is 12.1 Å². The number of nitrogens with one attached hydrogen (secondary N) is 1. The fraction of sp³-hybridized carbons (Fsp3) is 0.571. The highest BCUT2D eigenvalue weighted by Crippen LogP contribution is 2.34. The van der Waals surface area contributed by atoms with Crippen LogP contribution in [0.4, 0.5) is 0 Å². The minimum atomic E-state index is -0.388. The summed E-state index contributed by atoms with van der Waals surface area (Å²) in [5.41, 5.74) is 0.929. The molecule has 0 unspecified atom stereocenters. The van der Waals surface area contributed by atoms with Gasteiger partial charge in [-0.1, -0.05) is 18.5 Å². The number of methoxy groups -OCH3 is 1. The Hall–Kier alpha value is -0.970. The number of benzene rings is 1. The van der Waals surface area contributed by atoms with E-state index in [1.54, 1.807) is 20.1 Å². The Labute approximate surface area is 119 Å². The zero-order valence-corrected chi connectivity index (χ0v) is 12.5. The van der Waals surface area contributed by atoms with Gasteiger partial charge >= 0.3 is 0 Å². The maximum atomic E-state index is 9.25. The highest BCUT2D eigenvalue weighted by molar-refractivity contribution is 6.30. The smallest absolute Gasteiger partial charge is 0.165 e. The van der Waals surface area contributed by atoms with Crippen molar-refractivity contribution in [3.63, 3.8) is 0 Å². The Morgan fingerprint density at radius 3 is 2.74 bits per heavy atom. The molecule has 19 heavy (non-hydrogen) atoms. The first-order chi connectivity index (χ1) is 9.08. The lowest BCUT2D eigenvalue weighted by molar-refractivity contribution is 0.190. The van der Waals surface area contributed by atoms with Gasteiger partial charge < -0.3 is 19.9 Å². The van der Waals surface area contributed by atoms with Gasteiger partial charge in [-0.25, -0.2) is 0 Å². The average molecular weight is 288 g/mol. The largest absolute Gasteiger partial charge is 0.493 e. The van der Waals surface area contributed by atoms with Crippen molar-refractivity contribution in [2.75, 3.05) is 20.3 Å². The molecule has 0 saturated carbocycles. The molecule has 1 atom stereocenters. The lowest BCUT2D eigenvalue weighted by atomic mass is 10.1. The normalized spacial score (nSPS) is 12.3. The number of hydrogen-bond donors (Lipinski definition) is 2. The Morgan fingerprint density at radius 2 is 2.16 bits per heavy atom. The molecular formula is C14H22ClNO3. The standard InChI is InChI=1S/C14H22ClNO3/c1-4-5-19-14-11(9-16-8-10(2)17)6-12(15)7-13(14)18-3/h6-7,10,16-17H,4-5,8-9H2,1-3H3/t10-/m1/s1. The molecule has 0 aliphatic rings. The van der Waals surface area contributed by atoms with Gasteiger partial charge in [-0.3, -0.25) is 0 Å². The lowest BCUT2D eigenvalue weighted by Gasteiger charge is -2.16. The lowest BCUT2D eigenvalue weighted by Crippen LogP contribution is -2.24. The van der Waals surface area contributed by atoms with Crippen LogP contribution < -0.4 is 14.8 Å². The van der Waals surface area contributed by atoms with Crippen molar-refractivity contribution in [1.82, 2.24) is 5.32 Å². The number of aliphatic hydroxyl groups is 1. The van der Waals surface area contributed by atoms with E-state index in [0.717, 1.165) is 12.0 Å². The SMILES string of the molecule is CCCOc1c(CNC[C@@H](C)O)cc(Cl)cc1OC. The Morgan fingerprint density at radius 1 is 1.42 bits per heavy atom. The predicted octanol–water partition coefficient (Wildman–Crippen LogP) is 2.61. The maximum absolute atomic E-state index is 9.25. The van der Waals surface area contributed by atoms with Gasteiger partial charge in [-0.05, 0) is 19.4 Å². The molecular weight excluding hydrogens is 266 g/mol. The first-order valence-corrected chi connectivity index (χ1v) is 6.84. The van der Waals surface area contributed by atoms with Crippen molar-refractivity contribution >= 4 is 11.6 Å². The van der Waals surface area contributed by atoms with Crippen LogP contribution in [0.2, 0.25) is 5.02 Å². The molecule has 0 fully saturated rings. The Kier molecular flexibility index (Phi) is 6.99. The van der Waals surface area contributed by atoms with E-state index in [2.05, 4.69) is 5.32 Å². The third-order valence-electron chi connectivity index (χ3n) is 2.52. The van der Waals surface area contributed by atoms with Crippen LogP contribution >= 0.6 is 11.6 Å². The van der Waals surface area contributed by atoms with E-state index in [9.17, 15) is 5.11 Å². The summed E-state index contributed by atoms with van der Waals surface area (Å²) in [5.74, 6) is 1.35. The maximum Gasteiger partial charge on any atom is 0.165 e. The quantitative estimate of drug-likeness (QED) is 0.772. The summed E-state index contributed by atoms with van der Waals surface area (Å²) in [6, 6.07) is 3.59. The number of halogens is 1. The molecule has 1 aromatic carbocycles. The Bertz CT molecular complexity index is 397. The molecule has 0 aromatic heterocycles. The molecule has 0 amide bonds. The van der Waals surface area contributed by atoms with E-state index in [4.69, 9.17) is 21.1 Å². The molecule has 1 rings (SSSR count).